The highest BCUT2D eigenvalue weighted by Gasteiger charge is 2.44. The van der Waals surface area contributed by atoms with Gasteiger partial charge in [0.2, 0.25) is 0 Å². The molecule has 0 saturated heterocycles. The second-order valence-corrected chi connectivity index (χ2v) is 5.99. The molecule has 1 aliphatic rings. The molecule has 0 bridgehead atoms. The molecule has 2 nitrogen and oxygen atoms in total. The first-order valence-corrected chi connectivity index (χ1v) is 5.97. The Labute approximate surface area is 93.1 Å². The van der Waals surface area contributed by atoms with Crippen LogP contribution in [-0.2, 0) is 4.79 Å². The molecule has 0 aliphatic heterocycles. The Balaban J connectivity index is 2.72. The summed E-state index contributed by atoms with van der Waals surface area (Å²) >= 11 is 0. The number of carbonyl (C=O) groups excluding carboxylic acids is 1. The third-order valence-electron chi connectivity index (χ3n) is 3.98. The maximum Gasteiger partial charge on any atom is 0.129 e. The van der Waals surface area contributed by atoms with Crippen molar-refractivity contribution in [3.8, 4) is 0 Å². The van der Waals surface area contributed by atoms with Crippen LogP contribution in [0.5, 0.6) is 0 Å². The predicted molar refractivity (Wildman–Crippen MR) is 61.7 cm³/mol. The first kappa shape index (κ1) is 12.7. The second-order valence-electron chi connectivity index (χ2n) is 5.99. The quantitative estimate of drug-likeness (QED) is 0.781. The molecule has 0 heterocycles. The monoisotopic (exact) mass is 212 g/mol. The Bertz CT molecular complexity index is 225. The van der Waals surface area contributed by atoms with Crippen LogP contribution in [0.4, 0.5) is 0 Å². The summed E-state index contributed by atoms with van der Waals surface area (Å²) in [6, 6.07) is 0. The largest absolute Gasteiger partial charge is 0.390 e. The topological polar surface area (TPSA) is 37.3 Å². The van der Waals surface area contributed by atoms with Gasteiger partial charge in [-0.15, -0.1) is 0 Å². The van der Waals surface area contributed by atoms with Crippen molar-refractivity contribution in [1.29, 1.82) is 0 Å². The molecule has 0 spiro atoms. The number of carbonyl (C=O) groups is 1. The lowest BCUT2D eigenvalue weighted by Gasteiger charge is -2.48. The molecule has 0 amide bonds. The molecule has 0 aromatic heterocycles. The average molecular weight is 212 g/mol. The lowest BCUT2D eigenvalue weighted by molar-refractivity contribution is -0.120. The fourth-order valence-corrected chi connectivity index (χ4v) is 3.14. The molecule has 1 unspecified atom stereocenters. The number of hydrogen-bond donors (Lipinski definition) is 1. The van der Waals surface area contributed by atoms with Gasteiger partial charge < -0.3 is 9.90 Å². The van der Waals surface area contributed by atoms with Gasteiger partial charge in [0, 0.05) is 6.42 Å². The highest BCUT2D eigenvalue weighted by molar-refractivity contribution is 5.75. The van der Waals surface area contributed by atoms with Crippen LogP contribution in [0, 0.1) is 11.3 Å². The van der Waals surface area contributed by atoms with Crippen molar-refractivity contribution < 1.29 is 9.90 Å². The van der Waals surface area contributed by atoms with Gasteiger partial charge in [0.25, 0.3) is 0 Å². The van der Waals surface area contributed by atoms with E-state index in [1.165, 1.54) is 0 Å². The van der Waals surface area contributed by atoms with Crippen molar-refractivity contribution in [1.82, 2.24) is 0 Å². The fourth-order valence-electron chi connectivity index (χ4n) is 3.14. The van der Waals surface area contributed by atoms with Gasteiger partial charge in [0.1, 0.15) is 5.78 Å². The first-order chi connectivity index (χ1) is 6.76. The molecule has 0 aromatic rings. The SMILES string of the molecule is CC(=O)CCC1C(C)(C)CCC[C@]1(C)O. The lowest BCUT2D eigenvalue weighted by Crippen LogP contribution is -2.47. The minimum absolute atomic E-state index is 0.164. The number of aliphatic hydroxyl groups is 1. The van der Waals surface area contributed by atoms with E-state index in [4.69, 9.17) is 0 Å². The van der Waals surface area contributed by atoms with E-state index in [1.807, 2.05) is 6.92 Å². The molecule has 1 rings (SSSR count). The molecular formula is C13H24O2. The molecule has 1 aliphatic carbocycles. The third-order valence-corrected chi connectivity index (χ3v) is 3.98. The molecule has 1 N–H and O–H groups in total. The molecule has 2 atom stereocenters. The zero-order chi connectivity index (χ0) is 11.7. The molecule has 88 valence electrons. The number of hydrogen-bond acceptors (Lipinski definition) is 2. The van der Waals surface area contributed by atoms with Gasteiger partial charge in [-0.3, -0.25) is 0 Å². The molecule has 0 radical (unpaired) electrons. The van der Waals surface area contributed by atoms with Crippen LogP contribution >= 0.6 is 0 Å². The van der Waals surface area contributed by atoms with E-state index in [0.717, 1.165) is 25.7 Å². The molecular weight excluding hydrogens is 188 g/mol. The average Bonchev–Trinajstić information content (AvgIpc) is 1.99. The Morgan fingerprint density at radius 2 is 1.93 bits per heavy atom. The van der Waals surface area contributed by atoms with Gasteiger partial charge in [-0.05, 0) is 44.4 Å². The minimum atomic E-state index is -0.586. The van der Waals surface area contributed by atoms with Crippen LogP contribution in [0.1, 0.15) is 59.8 Å². The van der Waals surface area contributed by atoms with Crippen LogP contribution in [0.15, 0.2) is 0 Å². The van der Waals surface area contributed by atoms with Crippen molar-refractivity contribution in [2.24, 2.45) is 11.3 Å². The van der Waals surface area contributed by atoms with Crippen molar-refractivity contribution in [3.63, 3.8) is 0 Å². The van der Waals surface area contributed by atoms with Crippen LogP contribution in [0.25, 0.3) is 0 Å². The summed E-state index contributed by atoms with van der Waals surface area (Å²) in [7, 11) is 0. The van der Waals surface area contributed by atoms with E-state index in [9.17, 15) is 9.90 Å². The van der Waals surface area contributed by atoms with Gasteiger partial charge >= 0.3 is 0 Å². The van der Waals surface area contributed by atoms with E-state index in [0.29, 0.717) is 6.42 Å². The lowest BCUT2D eigenvalue weighted by atomic mass is 9.60. The van der Waals surface area contributed by atoms with E-state index in [-0.39, 0.29) is 17.1 Å². The Kier molecular flexibility index (Phi) is 3.59. The van der Waals surface area contributed by atoms with E-state index < -0.39 is 5.60 Å². The zero-order valence-corrected chi connectivity index (χ0v) is 10.5. The summed E-state index contributed by atoms with van der Waals surface area (Å²) in [6.45, 7) is 7.99. The number of ketones is 1. The zero-order valence-electron chi connectivity index (χ0n) is 10.5. The molecule has 2 heteroatoms. The van der Waals surface area contributed by atoms with Crippen LogP contribution in [-0.4, -0.2) is 16.5 Å². The summed E-state index contributed by atoms with van der Waals surface area (Å²) in [5.74, 6) is 0.481. The van der Waals surface area contributed by atoms with Gasteiger partial charge in [-0.2, -0.15) is 0 Å². The van der Waals surface area contributed by atoms with Crippen LogP contribution < -0.4 is 0 Å². The van der Waals surface area contributed by atoms with E-state index in [1.54, 1.807) is 6.92 Å². The standard InChI is InChI=1S/C13H24O2/c1-10(14)6-7-11-12(2,3)8-5-9-13(11,4)15/h11,15H,5-9H2,1-4H3/t11?,13-/m0/s1. The molecule has 1 saturated carbocycles. The third kappa shape index (κ3) is 3.04. The normalized spacial score (nSPS) is 35.1. The molecule has 1 fully saturated rings. The van der Waals surface area contributed by atoms with E-state index in [2.05, 4.69) is 13.8 Å². The summed E-state index contributed by atoms with van der Waals surface area (Å²) in [4.78, 5) is 11.0. The maximum absolute atomic E-state index is 11.0. The smallest absolute Gasteiger partial charge is 0.129 e. The van der Waals surface area contributed by atoms with Crippen molar-refractivity contribution in [2.75, 3.05) is 0 Å². The Morgan fingerprint density at radius 1 is 1.33 bits per heavy atom. The van der Waals surface area contributed by atoms with Gasteiger partial charge in [0.05, 0.1) is 5.60 Å². The van der Waals surface area contributed by atoms with Crippen molar-refractivity contribution in [2.45, 2.75) is 65.4 Å². The summed E-state index contributed by atoms with van der Waals surface area (Å²) in [5, 5.41) is 10.4. The van der Waals surface area contributed by atoms with Crippen LogP contribution in [0.3, 0.4) is 0 Å². The van der Waals surface area contributed by atoms with Crippen LogP contribution in [0.2, 0.25) is 0 Å². The fraction of sp³-hybridized carbons (Fsp3) is 0.923. The Morgan fingerprint density at radius 3 is 2.40 bits per heavy atom. The number of rotatable bonds is 3. The van der Waals surface area contributed by atoms with Gasteiger partial charge in [0.15, 0.2) is 0 Å². The van der Waals surface area contributed by atoms with Crippen molar-refractivity contribution >= 4 is 5.78 Å². The first-order valence-electron chi connectivity index (χ1n) is 5.97. The number of Topliss-reactive ketones (excluding diaryl/α,β-unsaturated/α-hetero) is 1. The Hall–Kier alpha value is -0.370. The highest BCUT2D eigenvalue weighted by Crippen LogP contribution is 2.48. The highest BCUT2D eigenvalue weighted by atomic mass is 16.3. The maximum atomic E-state index is 11.0. The van der Waals surface area contributed by atoms with E-state index >= 15 is 0 Å². The molecule has 15 heavy (non-hydrogen) atoms. The predicted octanol–water partition coefficient (Wildman–Crippen LogP) is 2.93. The van der Waals surface area contributed by atoms with Gasteiger partial charge in [-0.1, -0.05) is 20.3 Å². The second kappa shape index (κ2) is 4.25. The van der Waals surface area contributed by atoms with Crippen molar-refractivity contribution in [3.05, 3.63) is 0 Å². The summed E-state index contributed by atoms with van der Waals surface area (Å²) < 4.78 is 0. The summed E-state index contributed by atoms with van der Waals surface area (Å²) in [5.41, 5.74) is -0.422. The van der Waals surface area contributed by atoms with Gasteiger partial charge in [-0.25, -0.2) is 0 Å². The summed E-state index contributed by atoms with van der Waals surface area (Å²) in [6.07, 6.45) is 4.56. The minimum Gasteiger partial charge on any atom is -0.390 e. The molecule has 0 aromatic carbocycles.